The number of hydrogen-bond acceptors (Lipinski definition) is 4. The van der Waals surface area contributed by atoms with Crippen molar-refractivity contribution < 1.29 is 14.6 Å². The largest absolute Gasteiger partial charge is 0.478 e. The highest BCUT2D eigenvalue weighted by molar-refractivity contribution is 5.84. The van der Waals surface area contributed by atoms with Crippen molar-refractivity contribution in [3.05, 3.63) is 0 Å². The second kappa shape index (κ2) is 3.34. The first-order valence-electron chi connectivity index (χ1n) is 3.37. The Bertz CT molecular complexity index is 190. The van der Waals surface area contributed by atoms with Gasteiger partial charge in [-0.05, 0) is 0 Å². The second-order valence-corrected chi connectivity index (χ2v) is 2.22. The van der Waals surface area contributed by atoms with E-state index in [1.54, 1.807) is 0 Å². The van der Waals surface area contributed by atoms with Gasteiger partial charge < -0.3 is 15.6 Å². The third kappa shape index (κ3) is 1.91. The van der Waals surface area contributed by atoms with Gasteiger partial charge in [-0.25, -0.2) is 4.79 Å². The number of nitrogens with zero attached hydrogens (tertiary/aromatic N) is 1. The Labute approximate surface area is 63.9 Å². The smallest absolute Gasteiger partial charge is 0.346 e. The van der Waals surface area contributed by atoms with Crippen LogP contribution in [0.15, 0.2) is 4.99 Å². The lowest BCUT2D eigenvalue weighted by Gasteiger charge is -2.04. The first kappa shape index (κ1) is 8.00. The third-order valence-corrected chi connectivity index (χ3v) is 1.35. The van der Waals surface area contributed by atoms with Gasteiger partial charge >= 0.3 is 5.97 Å². The van der Waals surface area contributed by atoms with Gasteiger partial charge in [-0.2, -0.15) is 0 Å². The molecule has 5 heteroatoms. The Kier molecular flexibility index (Phi) is 2.43. The van der Waals surface area contributed by atoms with Crippen LogP contribution in [0.1, 0.15) is 6.42 Å². The van der Waals surface area contributed by atoms with E-state index in [0.29, 0.717) is 18.9 Å². The molecule has 1 aliphatic heterocycles. The predicted octanol–water partition coefficient (Wildman–Crippen LogP) is -0.783. The Balaban J connectivity index is 2.36. The van der Waals surface area contributed by atoms with Gasteiger partial charge in [-0.3, -0.25) is 4.99 Å². The summed E-state index contributed by atoms with van der Waals surface area (Å²) >= 11 is 0. The van der Waals surface area contributed by atoms with Crippen molar-refractivity contribution in [1.29, 1.82) is 0 Å². The molecule has 0 aromatic carbocycles. The average molecular weight is 158 g/mol. The quantitative estimate of drug-likeness (QED) is 0.564. The predicted molar refractivity (Wildman–Crippen MR) is 38.5 cm³/mol. The van der Waals surface area contributed by atoms with Crippen molar-refractivity contribution in [1.82, 2.24) is 0 Å². The van der Waals surface area contributed by atoms with Crippen LogP contribution in [0.2, 0.25) is 0 Å². The molecule has 1 rings (SSSR count). The van der Waals surface area contributed by atoms with Gasteiger partial charge in [-0.1, -0.05) is 0 Å². The molecule has 0 radical (unpaired) electrons. The number of nitrogens with two attached hydrogens (primary N) is 1. The molecule has 0 saturated carbocycles. The molecule has 0 spiro atoms. The van der Waals surface area contributed by atoms with E-state index in [1.807, 2.05) is 0 Å². The number of ether oxygens (including phenoxy) is 1. The highest BCUT2D eigenvalue weighted by atomic mass is 16.5. The molecule has 0 aromatic rings. The normalized spacial score (nSPS) is 22.6. The summed E-state index contributed by atoms with van der Waals surface area (Å²) in [5, 5.41) is 8.47. The lowest BCUT2D eigenvalue weighted by Crippen LogP contribution is -2.24. The van der Waals surface area contributed by atoms with Crippen LogP contribution in [0, 0.1) is 0 Å². The summed E-state index contributed by atoms with van der Waals surface area (Å²) in [6, 6.07) is 0. The molecule has 0 amide bonds. The molecule has 0 aromatic heterocycles. The van der Waals surface area contributed by atoms with Crippen LogP contribution in [0.3, 0.4) is 0 Å². The molecule has 1 heterocycles. The van der Waals surface area contributed by atoms with Crippen LogP contribution in [-0.2, 0) is 9.53 Å². The minimum atomic E-state index is -0.972. The summed E-state index contributed by atoms with van der Waals surface area (Å²) in [5.74, 6) is -0.513. The lowest BCUT2D eigenvalue weighted by atomic mass is 10.4. The zero-order valence-corrected chi connectivity index (χ0v) is 5.99. The minimum Gasteiger partial charge on any atom is -0.478 e. The topological polar surface area (TPSA) is 84.9 Å². The Morgan fingerprint density at radius 1 is 1.91 bits per heavy atom. The van der Waals surface area contributed by atoms with Crippen molar-refractivity contribution in [3.63, 3.8) is 0 Å². The van der Waals surface area contributed by atoms with Gasteiger partial charge in [0, 0.05) is 13.0 Å². The molecule has 0 aliphatic carbocycles. The Morgan fingerprint density at radius 3 is 3.09 bits per heavy atom. The van der Waals surface area contributed by atoms with E-state index in [-0.39, 0.29) is 6.54 Å². The second-order valence-electron chi connectivity index (χ2n) is 2.22. The van der Waals surface area contributed by atoms with Gasteiger partial charge in [0.25, 0.3) is 0 Å². The fraction of sp³-hybridized carbons (Fsp3) is 0.667. The average Bonchev–Trinajstić information content (AvgIpc) is 2.37. The van der Waals surface area contributed by atoms with Crippen molar-refractivity contribution in [3.8, 4) is 0 Å². The third-order valence-electron chi connectivity index (χ3n) is 1.35. The van der Waals surface area contributed by atoms with Gasteiger partial charge in [0.15, 0.2) is 5.90 Å². The number of rotatable bonds is 3. The highest BCUT2D eigenvalue weighted by Gasteiger charge is 2.25. The monoisotopic (exact) mass is 158 g/mol. The number of carboxylic acids is 1. The first-order chi connectivity index (χ1) is 5.24. The minimum absolute atomic E-state index is 0.213. The molecule has 5 nitrogen and oxygen atoms in total. The fourth-order valence-electron chi connectivity index (χ4n) is 0.813. The maximum Gasteiger partial charge on any atom is 0.346 e. The van der Waals surface area contributed by atoms with Crippen LogP contribution >= 0.6 is 0 Å². The van der Waals surface area contributed by atoms with Crippen LogP contribution in [0.5, 0.6) is 0 Å². The Morgan fingerprint density at radius 2 is 2.64 bits per heavy atom. The lowest BCUT2D eigenvalue weighted by molar-refractivity contribution is -0.144. The molecule has 0 saturated heterocycles. The summed E-state index contributed by atoms with van der Waals surface area (Å²) < 4.78 is 4.93. The zero-order valence-electron chi connectivity index (χ0n) is 5.99. The molecule has 1 aliphatic rings. The SMILES string of the molecule is NCCC1=NCC(C(=O)O)O1. The molecule has 11 heavy (non-hydrogen) atoms. The number of aliphatic imine (C=N–C) groups is 1. The van der Waals surface area contributed by atoms with E-state index in [9.17, 15) is 4.79 Å². The van der Waals surface area contributed by atoms with Crippen molar-refractivity contribution >= 4 is 11.9 Å². The van der Waals surface area contributed by atoms with E-state index in [0.717, 1.165) is 0 Å². The number of aliphatic carboxylic acids is 1. The molecule has 1 atom stereocenters. The van der Waals surface area contributed by atoms with E-state index in [4.69, 9.17) is 15.6 Å². The summed E-state index contributed by atoms with van der Waals surface area (Å²) in [7, 11) is 0. The Hall–Kier alpha value is -1.10. The molecule has 1 unspecified atom stereocenters. The van der Waals surface area contributed by atoms with Crippen molar-refractivity contribution in [2.24, 2.45) is 10.7 Å². The van der Waals surface area contributed by atoms with Gasteiger partial charge in [-0.15, -0.1) is 0 Å². The maximum atomic E-state index is 10.3. The maximum absolute atomic E-state index is 10.3. The van der Waals surface area contributed by atoms with Crippen LogP contribution in [0.4, 0.5) is 0 Å². The van der Waals surface area contributed by atoms with Crippen LogP contribution in [0.25, 0.3) is 0 Å². The van der Waals surface area contributed by atoms with E-state index in [2.05, 4.69) is 4.99 Å². The van der Waals surface area contributed by atoms with Gasteiger partial charge in [0.05, 0.1) is 6.54 Å². The van der Waals surface area contributed by atoms with E-state index in [1.165, 1.54) is 0 Å². The molecule has 0 bridgehead atoms. The molecule has 0 fully saturated rings. The number of carboxylic acid groups (broad SMARTS) is 1. The van der Waals surface area contributed by atoms with E-state index < -0.39 is 12.1 Å². The van der Waals surface area contributed by atoms with Crippen molar-refractivity contribution in [2.75, 3.05) is 13.1 Å². The fourth-order valence-corrected chi connectivity index (χ4v) is 0.813. The molecular weight excluding hydrogens is 148 g/mol. The van der Waals surface area contributed by atoms with Gasteiger partial charge in [0.2, 0.25) is 6.10 Å². The summed E-state index contributed by atoms with van der Waals surface area (Å²) in [4.78, 5) is 14.2. The zero-order chi connectivity index (χ0) is 8.27. The van der Waals surface area contributed by atoms with Crippen LogP contribution < -0.4 is 5.73 Å². The standard InChI is InChI=1S/C6H10N2O3/c7-2-1-5-8-3-4(11-5)6(9)10/h4H,1-3,7H2,(H,9,10). The summed E-state index contributed by atoms with van der Waals surface area (Å²) in [6.07, 6.45) is -0.277. The molecule has 3 N–H and O–H groups in total. The first-order valence-corrected chi connectivity index (χ1v) is 3.37. The van der Waals surface area contributed by atoms with E-state index >= 15 is 0 Å². The van der Waals surface area contributed by atoms with Gasteiger partial charge in [0.1, 0.15) is 0 Å². The number of hydrogen-bond donors (Lipinski definition) is 2. The summed E-state index contributed by atoms with van der Waals surface area (Å²) in [5.41, 5.74) is 5.22. The summed E-state index contributed by atoms with van der Waals surface area (Å²) in [6.45, 7) is 0.649. The highest BCUT2D eigenvalue weighted by Crippen LogP contribution is 2.06. The van der Waals surface area contributed by atoms with Crippen LogP contribution in [-0.4, -0.2) is 36.2 Å². The van der Waals surface area contributed by atoms with Crippen molar-refractivity contribution in [2.45, 2.75) is 12.5 Å². The number of carbonyl (C=O) groups is 1. The molecular formula is C6H10N2O3. The molecule has 62 valence electrons.